The van der Waals surface area contributed by atoms with E-state index in [4.69, 9.17) is 0 Å². The maximum atomic E-state index is 12.3. The number of benzene rings is 1. The van der Waals surface area contributed by atoms with Gasteiger partial charge in [-0.2, -0.15) is 0 Å². The smallest absolute Gasteiger partial charge is 0.251 e. The molecule has 130 valence electrons. The molecule has 0 saturated carbocycles. The number of carbonyl (C=O) groups excluding carboxylic acids is 1. The van der Waals surface area contributed by atoms with Crippen LogP contribution in [0.5, 0.6) is 0 Å². The summed E-state index contributed by atoms with van der Waals surface area (Å²) in [5.74, 6) is 0.446. The molecule has 0 aliphatic rings. The number of fused-ring (bicyclic) bond motifs is 1. The Morgan fingerprint density at radius 2 is 1.96 bits per heavy atom. The third-order valence-corrected chi connectivity index (χ3v) is 3.94. The zero-order chi connectivity index (χ0) is 17.8. The number of hydrogen-bond acceptors (Lipinski definition) is 6. The van der Waals surface area contributed by atoms with Crippen LogP contribution in [0.4, 0.5) is 0 Å². The molecular formula is C17H16N8O. The van der Waals surface area contributed by atoms with Crippen molar-refractivity contribution in [2.24, 2.45) is 0 Å². The first-order valence-corrected chi connectivity index (χ1v) is 8.19. The molecule has 0 saturated heterocycles. The summed E-state index contributed by atoms with van der Waals surface area (Å²) >= 11 is 0. The fourth-order valence-electron chi connectivity index (χ4n) is 2.64. The van der Waals surface area contributed by atoms with E-state index in [1.54, 1.807) is 22.9 Å². The summed E-state index contributed by atoms with van der Waals surface area (Å²) in [7, 11) is 0. The Morgan fingerprint density at radius 1 is 1.12 bits per heavy atom. The van der Waals surface area contributed by atoms with Crippen molar-refractivity contribution in [3.8, 4) is 5.82 Å². The van der Waals surface area contributed by atoms with Gasteiger partial charge in [0.2, 0.25) is 0 Å². The number of amides is 1. The zero-order valence-corrected chi connectivity index (χ0v) is 13.9. The maximum Gasteiger partial charge on any atom is 0.251 e. The average Bonchev–Trinajstić information content (AvgIpc) is 3.35. The molecule has 0 fully saturated rings. The van der Waals surface area contributed by atoms with Gasteiger partial charge in [0, 0.05) is 24.8 Å². The van der Waals surface area contributed by atoms with Crippen LogP contribution in [0.1, 0.15) is 16.8 Å². The van der Waals surface area contributed by atoms with E-state index in [1.807, 2.05) is 28.9 Å². The predicted molar refractivity (Wildman–Crippen MR) is 93.6 cm³/mol. The van der Waals surface area contributed by atoms with Gasteiger partial charge in [-0.15, -0.1) is 15.3 Å². The van der Waals surface area contributed by atoms with Gasteiger partial charge in [0.1, 0.15) is 24.0 Å². The van der Waals surface area contributed by atoms with E-state index in [1.165, 1.54) is 12.7 Å². The lowest BCUT2D eigenvalue weighted by Gasteiger charge is -2.07. The van der Waals surface area contributed by atoms with E-state index in [9.17, 15) is 4.79 Å². The van der Waals surface area contributed by atoms with Crippen LogP contribution in [0, 0.1) is 0 Å². The summed E-state index contributed by atoms with van der Waals surface area (Å²) < 4.78 is 3.49. The van der Waals surface area contributed by atoms with E-state index in [0.717, 1.165) is 17.5 Å². The highest BCUT2D eigenvalue weighted by Gasteiger charge is 2.08. The molecule has 9 heteroatoms. The highest BCUT2D eigenvalue weighted by atomic mass is 16.1. The van der Waals surface area contributed by atoms with Gasteiger partial charge in [0.15, 0.2) is 0 Å². The Bertz CT molecular complexity index is 1020. The summed E-state index contributed by atoms with van der Waals surface area (Å²) in [5.41, 5.74) is 2.40. The van der Waals surface area contributed by atoms with Crippen LogP contribution in [0.2, 0.25) is 0 Å². The molecule has 1 aromatic carbocycles. The lowest BCUT2D eigenvalue weighted by Crippen LogP contribution is -2.25. The zero-order valence-electron chi connectivity index (χ0n) is 13.9. The number of nitrogens with one attached hydrogen (secondary N) is 1. The maximum absolute atomic E-state index is 12.3. The second-order valence-corrected chi connectivity index (χ2v) is 5.68. The van der Waals surface area contributed by atoms with Crippen LogP contribution in [0.15, 0.2) is 55.2 Å². The van der Waals surface area contributed by atoms with Crippen molar-refractivity contribution in [1.82, 2.24) is 40.1 Å². The van der Waals surface area contributed by atoms with Crippen molar-refractivity contribution in [1.29, 1.82) is 0 Å². The quantitative estimate of drug-likeness (QED) is 0.526. The van der Waals surface area contributed by atoms with Crippen molar-refractivity contribution in [3.63, 3.8) is 0 Å². The minimum Gasteiger partial charge on any atom is -0.352 e. The molecule has 0 bridgehead atoms. The molecule has 0 atom stereocenters. The lowest BCUT2D eigenvalue weighted by atomic mass is 10.2. The Balaban J connectivity index is 1.34. The molecule has 0 unspecified atom stereocenters. The van der Waals surface area contributed by atoms with E-state index in [-0.39, 0.29) is 5.91 Å². The van der Waals surface area contributed by atoms with Crippen LogP contribution in [0.25, 0.3) is 16.9 Å². The standard InChI is InChI=1S/C17H16N8O/c26-17(13-6-8-18-16(10-13)24-11-20-21-12-24)19-7-3-9-25-15-5-2-1-4-14(15)22-23-25/h1-2,4-6,8,10-12H,3,7,9H2,(H,19,26). The van der Waals surface area contributed by atoms with Crippen LogP contribution >= 0.6 is 0 Å². The van der Waals surface area contributed by atoms with Gasteiger partial charge < -0.3 is 5.32 Å². The molecule has 1 amide bonds. The number of nitrogens with zero attached hydrogens (tertiary/aromatic N) is 7. The van der Waals surface area contributed by atoms with Crippen LogP contribution in [-0.4, -0.2) is 47.2 Å². The molecule has 4 rings (SSSR count). The molecule has 0 spiro atoms. The first-order valence-electron chi connectivity index (χ1n) is 8.19. The third-order valence-electron chi connectivity index (χ3n) is 3.94. The SMILES string of the molecule is O=C(NCCCn1nnc2ccccc21)c1ccnc(-n2cnnc2)c1. The number of para-hydroxylation sites is 1. The van der Waals surface area contributed by atoms with Gasteiger partial charge in [-0.3, -0.25) is 9.36 Å². The van der Waals surface area contributed by atoms with Gasteiger partial charge >= 0.3 is 0 Å². The number of aryl methyl sites for hydroxylation is 1. The van der Waals surface area contributed by atoms with Crippen LogP contribution in [-0.2, 0) is 6.54 Å². The largest absolute Gasteiger partial charge is 0.352 e. The molecule has 1 N–H and O–H groups in total. The summed E-state index contributed by atoms with van der Waals surface area (Å²) in [6.45, 7) is 1.22. The van der Waals surface area contributed by atoms with Crippen molar-refractivity contribution in [3.05, 3.63) is 60.8 Å². The number of pyridine rings is 1. The Morgan fingerprint density at radius 3 is 2.85 bits per heavy atom. The molecule has 26 heavy (non-hydrogen) atoms. The van der Waals surface area contributed by atoms with Crippen molar-refractivity contribution >= 4 is 16.9 Å². The minimum atomic E-state index is -0.148. The van der Waals surface area contributed by atoms with Crippen LogP contribution < -0.4 is 5.32 Å². The molecule has 0 radical (unpaired) electrons. The number of carbonyl (C=O) groups is 1. The highest BCUT2D eigenvalue weighted by molar-refractivity contribution is 5.94. The highest BCUT2D eigenvalue weighted by Crippen LogP contribution is 2.10. The van der Waals surface area contributed by atoms with Crippen molar-refractivity contribution in [2.75, 3.05) is 6.54 Å². The Kier molecular flexibility index (Phi) is 4.33. The number of rotatable bonds is 6. The van der Waals surface area contributed by atoms with E-state index in [0.29, 0.717) is 24.5 Å². The molecule has 9 nitrogen and oxygen atoms in total. The van der Waals surface area contributed by atoms with Gasteiger partial charge in [-0.25, -0.2) is 9.67 Å². The second kappa shape index (κ2) is 7.09. The fourth-order valence-corrected chi connectivity index (χ4v) is 2.64. The second-order valence-electron chi connectivity index (χ2n) is 5.68. The summed E-state index contributed by atoms with van der Waals surface area (Å²) in [6.07, 6.45) is 5.41. The molecule has 0 aliphatic heterocycles. The van der Waals surface area contributed by atoms with Gasteiger partial charge in [0.25, 0.3) is 5.91 Å². The molecule has 4 aromatic rings. The van der Waals surface area contributed by atoms with Crippen LogP contribution in [0.3, 0.4) is 0 Å². The lowest BCUT2D eigenvalue weighted by molar-refractivity contribution is 0.0952. The number of aromatic nitrogens is 7. The van der Waals surface area contributed by atoms with E-state index >= 15 is 0 Å². The summed E-state index contributed by atoms with van der Waals surface area (Å²) in [6, 6.07) is 11.2. The van der Waals surface area contributed by atoms with Crippen molar-refractivity contribution in [2.45, 2.75) is 13.0 Å². The fraction of sp³-hybridized carbons (Fsp3) is 0.176. The van der Waals surface area contributed by atoms with Crippen molar-refractivity contribution < 1.29 is 4.79 Å². The third kappa shape index (κ3) is 3.27. The molecule has 3 aromatic heterocycles. The first kappa shape index (κ1) is 15.9. The normalized spacial score (nSPS) is 10.9. The molecular weight excluding hydrogens is 332 g/mol. The van der Waals surface area contributed by atoms with Gasteiger partial charge in [-0.05, 0) is 30.7 Å². The number of hydrogen-bond donors (Lipinski definition) is 1. The predicted octanol–water partition coefficient (Wildman–Crippen LogP) is 1.23. The van der Waals surface area contributed by atoms with Gasteiger partial charge in [0.05, 0.1) is 5.52 Å². The van der Waals surface area contributed by atoms with E-state index < -0.39 is 0 Å². The first-order chi connectivity index (χ1) is 12.8. The summed E-state index contributed by atoms with van der Waals surface area (Å²) in [4.78, 5) is 16.5. The topological polar surface area (TPSA) is 103 Å². The molecule has 0 aliphatic carbocycles. The summed E-state index contributed by atoms with van der Waals surface area (Å²) in [5, 5.41) is 18.7. The van der Waals surface area contributed by atoms with E-state index in [2.05, 4.69) is 30.8 Å². The molecule has 3 heterocycles. The minimum absolute atomic E-state index is 0.148. The van der Waals surface area contributed by atoms with Gasteiger partial charge in [-0.1, -0.05) is 17.3 Å². The average molecular weight is 348 g/mol. The Labute approximate surface area is 148 Å². The Hall–Kier alpha value is -3.62. The monoisotopic (exact) mass is 348 g/mol.